The van der Waals surface area contributed by atoms with Crippen LogP contribution < -0.4 is 5.32 Å². The number of aromatic nitrogens is 1. The minimum atomic E-state index is -3.36. The second kappa shape index (κ2) is 9.70. The molecule has 34 heavy (non-hydrogen) atoms. The fourth-order valence-electron chi connectivity index (χ4n) is 3.30. The van der Waals surface area contributed by atoms with Crippen molar-refractivity contribution in [2.24, 2.45) is 5.16 Å². The van der Waals surface area contributed by atoms with Crippen LogP contribution in [0.3, 0.4) is 0 Å². The number of sulfone groups is 1. The minimum Gasteiger partial charge on any atom is -0.389 e. The molecule has 2 atom stereocenters. The summed E-state index contributed by atoms with van der Waals surface area (Å²) in [6.45, 7) is 3.84. The number of carbonyl (C=O) groups excluding carboxylic acids is 1. The Bertz CT molecular complexity index is 1160. The SMILES string of the molecule is CC(C)(O)C(O)c1cnc(NC(=O)C(=NO[C@@H]2CCOC2)c2ccc(S(=O)(=O)C3CC3)cc2)s1. The summed E-state index contributed by atoms with van der Waals surface area (Å²) in [5, 5.41) is 26.8. The number of anilines is 1. The van der Waals surface area contributed by atoms with Crippen LogP contribution in [0.25, 0.3) is 0 Å². The van der Waals surface area contributed by atoms with Crippen molar-refractivity contribution in [3.63, 3.8) is 0 Å². The first-order valence-electron chi connectivity index (χ1n) is 10.9. The molecule has 0 radical (unpaired) electrons. The monoisotopic (exact) mass is 509 g/mol. The van der Waals surface area contributed by atoms with Gasteiger partial charge >= 0.3 is 0 Å². The van der Waals surface area contributed by atoms with Gasteiger partial charge in [0.15, 0.2) is 26.8 Å². The van der Waals surface area contributed by atoms with E-state index in [2.05, 4.69) is 15.5 Å². The van der Waals surface area contributed by atoms with E-state index in [4.69, 9.17) is 9.57 Å². The van der Waals surface area contributed by atoms with Crippen molar-refractivity contribution in [1.29, 1.82) is 0 Å². The van der Waals surface area contributed by atoms with E-state index in [1.165, 1.54) is 44.3 Å². The maximum atomic E-state index is 13.1. The fraction of sp³-hybridized carbons (Fsp3) is 0.500. The first kappa shape index (κ1) is 24.7. The van der Waals surface area contributed by atoms with E-state index < -0.39 is 27.4 Å². The average Bonchev–Trinajstić information content (AvgIpc) is 3.35. The second-order valence-corrected chi connectivity index (χ2v) is 12.2. The molecule has 0 bridgehead atoms. The molecule has 0 spiro atoms. The minimum absolute atomic E-state index is 0.0537. The third-order valence-electron chi connectivity index (χ3n) is 5.50. The molecule has 2 aliphatic rings. The quantitative estimate of drug-likeness (QED) is 0.344. The zero-order chi connectivity index (χ0) is 24.5. The highest BCUT2D eigenvalue weighted by Gasteiger charge is 2.37. The number of rotatable bonds is 9. The van der Waals surface area contributed by atoms with Gasteiger partial charge in [-0.25, -0.2) is 13.4 Å². The van der Waals surface area contributed by atoms with Crippen LogP contribution in [0.4, 0.5) is 5.13 Å². The fourth-order valence-corrected chi connectivity index (χ4v) is 5.93. The lowest BCUT2D eigenvalue weighted by Gasteiger charge is -2.22. The summed E-state index contributed by atoms with van der Waals surface area (Å²) in [4.78, 5) is 23.3. The molecule has 2 heterocycles. The summed E-state index contributed by atoms with van der Waals surface area (Å²) in [6, 6.07) is 5.97. The highest BCUT2D eigenvalue weighted by atomic mass is 32.2. The smallest absolute Gasteiger partial charge is 0.280 e. The Morgan fingerprint density at radius 1 is 1.29 bits per heavy atom. The van der Waals surface area contributed by atoms with E-state index in [9.17, 15) is 23.4 Å². The van der Waals surface area contributed by atoms with E-state index in [1.54, 1.807) is 0 Å². The summed E-state index contributed by atoms with van der Waals surface area (Å²) >= 11 is 1.02. The number of hydrogen-bond acceptors (Lipinski definition) is 10. The van der Waals surface area contributed by atoms with Gasteiger partial charge in [0, 0.05) is 18.2 Å². The van der Waals surface area contributed by atoms with E-state index in [-0.39, 0.29) is 27.1 Å². The van der Waals surface area contributed by atoms with Gasteiger partial charge in [0.25, 0.3) is 5.91 Å². The Morgan fingerprint density at radius 2 is 2.00 bits per heavy atom. The molecule has 1 aliphatic carbocycles. The van der Waals surface area contributed by atoms with Crippen molar-refractivity contribution in [2.75, 3.05) is 18.5 Å². The molecule has 1 amide bonds. The van der Waals surface area contributed by atoms with Crippen molar-refractivity contribution in [1.82, 2.24) is 4.98 Å². The largest absolute Gasteiger partial charge is 0.389 e. The van der Waals surface area contributed by atoms with Gasteiger partial charge in [0.05, 0.1) is 33.8 Å². The molecule has 184 valence electrons. The van der Waals surface area contributed by atoms with Crippen LogP contribution in [0.2, 0.25) is 0 Å². The van der Waals surface area contributed by atoms with Crippen LogP contribution in [-0.4, -0.2) is 65.4 Å². The number of nitrogens with one attached hydrogen (secondary N) is 1. The third kappa shape index (κ3) is 5.63. The number of hydrogen-bond donors (Lipinski definition) is 3. The van der Waals surface area contributed by atoms with Gasteiger partial charge in [-0.15, -0.1) is 0 Å². The molecule has 1 aliphatic heterocycles. The predicted molar refractivity (Wildman–Crippen MR) is 125 cm³/mol. The first-order chi connectivity index (χ1) is 16.1. The van der Waals surface area contributed by atoms with Gasteiger partial charge in [0.2, 0.25) is 0 Å². The molecular weight excluding hydrogens is 482 g/mol. The molecule has 2 aromatic rings. The molecule has 3 N–H and O–H groups in total. The molecule has 1 unspecified atom stereocenters. The zero-order valence-corrected chi connectivity index (χ0v) is 20.4. The van der Waals surface area contributed by atoms with E-state index in [0.717, 1.165) is 11.3 Å². The van der Waals surface area contributed by atoms with Gasteiger partial charge < -0.3 is 19.8 Å². The second-order valence-electron chi connectivity index (χ2n) is 8.88. The normalized spacial score (nSPS) is 20.2. The highest BCUT2D eigenvalue weighted by Crippen LogP contribution is 2.34. The average molecular weight is 510 g/mol. The molecule has 1 aromatic carbocycles. The number of carbonyl (C=O) groups is 1. The summed E-state index contributed by atoms with van der Waals surface area (Å²) in [7, 11) is -3.36. The number of benzene rings is 1. The Hall–Kier alpha value is -2.38. The third-order valence-corrected chi connectivity index (χ3v) is 8.74. The van der Waals surface area contributed by atoms with Crippen molar-refractivity contribution in [3.8, 4) is 0 Å². The number of oxime groups is 1. The van der Waals surface area contributed by atoms with Gasteiger partial charge in [0.1, 0.15) is 6.10 Å². The number of thiazole rings is 1. The van der Waals surface area contributed by atoms with Gasteiger partial charge in [-0.3, -0.25) is 10.1 Å². The van der Waals surface area contributed by atoms with Crippen LogP contribution in [0.1, 0.15) is 49.7 Å². The van der Waals surface area contributed by atoms with Crippen LogP contribution in [-0.2, 0) is 24.2 Å². The first-order valence-corrected chi connectivity index (χ1v) is 13.3. The molecule has 2 fully saturated rings. The molecule has 4 rings (SSSR count). The predicted octanol–water partition coefficient (Wildman–Crippen LogP) is 2.03. The molecule has 12 heteroatoms. The van der Waals surface area contributed by atoms with E-state index in [1.807, 2.05) is 0 Å². The van der Waals surface area contributed by atoms with Gasteiger partial charge in [-0.05, 0) is 38.8 Å². The van der Waals surface area contributed by atoms with Crippen LogP contribution in [0, 0.1) is 0 Å². The molecular formula is C22H27N3O7S2. The zero-order valence-electron chi connectivity index (χ0n) is 18.8. The highest BCUT2D eigenvalue weighted by molar-refractivity contribution is 7.92. The lowest BCUT2D eigenvalue weighted by molar-refractivity contribution is -0.110. The molecule has 1 saturated carbocycles. The van der Waals surface area contributed by atoms with Crippen LogP contribution in [0.5, 0.6) is 0 Å². The van der Waals surface area contributed by atoms with Crippen molar-refractivity contribution >= 4 is 37.9 Å². The Labute approximate surface area is 201 Å². The summed E-state index contributed by atoms with van der Waals surface area (Å²) in [6.07, 6.45) is 1.88. The van der Waals surface area contributed by atoms with Crippen molar-refractivity contribution in [3.05, 3.63) is 40.9 Å². The number of amides is 1. The number of nitrogens with zero attached hydrogens (tertiary/aromatic N) is 2. The van der Waals surface area contributed by atoms with Gasteiger partial charge in [-0.2, -0.15) is 0 Å². The number of aliphatic hydroxyl groups excluding tert-OH is 1. The Balaban J connectivity index is 1.55. The number of ether oxygens (including phenoxy) is 1. The molecule has 1 aromatic heterocycles. The lowest BCUT2D eigenvalue weighted by atomic mass is 10.0. The maximum Gasteiger partial charge on any atom is 0.280 e. The van der Waals surface area contributed by atoms with Gasteiger partial charge in [-0.1, -0.05) is 28.6 Å². The van der Waals surface area contributed by atoms with Crippen molar-refractivity contribution < 1.29 is 33.0 Å². The standard InChI is InChI=1S/C22H27N3O7S2/c1-22(2,28)19(26)17-11-23-21(33-17)24-20(27)18(25-32-14-9-10-31-12-14)13-3-5-15(6-4-13)34(29,30)16-7-8-16/h3-6,11,14,16,19,26,28H,7-10,12H2,1-2H3,(H,23,24,27)/t14-,19?/m1/s1. The van der Waals surface area contributed by atoms with E-state index >= 15 is 0 Å². The Kier molecular flexibility index (Phi) is 7.06. The summed E-state index contributed by atoms with van der Waals surface area (Å²) in [5.74, 6) is -0.615. The molecule has 10 nitrogen and oxygen atoms in total. The lowest BCUT2D eigenvalue weighted by Crippen LogP contribution is -2.27. The van der Waals surface area contributed by atoms with Crippen LogP contribution in [0.15, 0.2) is 40.5 Å². The van der Waals surface area contributed by atoms with Crippen LogP contribution >= 0.6 is 11.3 Å². The maximum absolute atomic E-state index is 13.1. The topological polar surface area (TPSA) is 147 Å². The summed E-state index contributed by atoms with van der Waals surface area (Å²) < 4.78 is 30.2. The number of aliphatic hydroxyl groups is 2. The Morgan fingerprint density at radius 3 is 2.59 bits per heavy atom. The summed E-state index contributed by atoms with van der Waals surface area (Å²) in [5.41, 5.74) is -1.05. The van der Waals surface area contributed by atoms with E-state index in [0.29, 0.717) is 42.9 Å². The molecule has 1 saturated heterocycles. The van der Waals surface area contributed by atoms with Crippen molar-refractivity contribution in [2.45, 2.75) is 61.1 Å².